The fraction of sp³-hybridized carbons (Fsp3) is 0.533. The molecular formula is C15H23ClN2O3. The summed E-state index contributed by atoms with van der Waals surface area (Å²) in [6.07, 6.45) is 0.971. The summed E-state index contributed by atoms with van der Waals surface area (Å²) in [5, 5.41) is 6.25. The smallest absolute Gasteiger partial charge is 0.255 e. The lowest BCUT2D eigenvalue weighted by Crippen LogP contribution is -2.36. The van der Waals surface area contributed by atoms with Crippen molar-refractivity contribution in [2.24, 2.45) is 0 Å². The molecule has 1 unspecified atom stereocenters. The van der Waals surface area contributed by atoms with Crippen LogP contribution in [0.3, 0.4) is 0 Å². The van der Waals surface area contributed by atoms with Gasteiger partial charge in [0.15, 0.2) is 0 Å². The average molecular weight is 315 g/mol. The summed E-state index contributed by atoms with van der Waals surface area (Å²) < 4.78 is 10.9. The number of carbonyl (C=O) groups excluding carboxylic acids is 1. The van der Waals surface area contributed by atoms with Crippen molar-refractivity contribution >= 4 is 18.3 Å². The first-order valence-corrected chi connectivity index (χ1v) is 7.12. The number of nitrogens with one attached hydrogen (secondary N) is 2. The van der Waals surface area contributed by atoms with E-state index in [1.807, 2.05) is 25.1 Å². The SMILES string of the molecule is CCOCCOc1ccccc1C(=O)NC1CCNC1.Cl. The molecule has 2 N–H and O–H groups in total. The molecule has 0 saturated carbocycles. The van der Waals surface area contributed by atoms with Crippen molar-refractivity contribution in [3.05, 3.63) is 29.8 Å². The number of rotatable bonds is 7. The molecule has 0 aromatic heterocycles. The molecule has 2 rings (SSSR count). The third-order valence-corrected chi connectivity index (χ3v) is 3.22. The lowest BCUT2D eigenvalue weighted by atomic mass is 10.1. The summed E-state index contributed by atoms with van der Waals surface area (Å²) in [7, 11) is 0. The number of halogens is 1. The van der Waals surface area contributed by atoms with Crippen molar-refractivity contribution in [2.75, 3.05) is 32.9 Å². The van der Waals surface area contributed by atoms with Gasteiger partial charge in [-0.3, -0.25) is 4.79 Å². The van der Waals surface area contributed by atoms with Gasteiger partial charge in [-0.15, -0.1) is 12.4 Å². The molecule has 1 fully saturated rings. The third kappa shape index (κ3) is 5.53. The fourth-order valence-electron chi connectivity index (χ4n) is 2.18. The van der Waals surface area contributed by atoms with Crippen LogP contribution in [-0.4, -0.2) is 44.9 Å². The van der Waals surface area contributed by atoms with Crippen molar-refractivity contribution in [3.8, 4) is 5.75 Å². The van der Waals surface area contributed by atoms with Crippen molar-refractivity contribution in [1.29, 1.82) is 0 Å². The standard InChI is InChI=1S/C15H22N2O3.ClH/c1-2-19-9-10-20-14-6-4-3-5-13(14)15(18)17-12-7-8-16-11-12;/h3-6,12,16H,2,7-11H2,1H3,(H,17,18);1H. The Balaban J connectivity index is 0.00000220. The van der Waals surface area contributed by atoms with Gasteiger partial charge in [0, 0.05) is 19.2 Å². The summed E-state index contributed by atoms with van der Waals surface area (Å²) in [5.74, 6) is 0.529. The van der Waals surface area contributed by atoms with E-state index < -0.39 is 0 Å². The number of hydrogen-bond acceptors (Lipinski definition) is 4. The molecule has 21 heavy (non-hydrogen) atoms. The van der Waals surface area contributed by atoms with Gasteiger partial charge in [-0.05, 0) is 32.0 Å². The van der Waals surface area contributed by atoms with Crippen molar-refractivity contribution < 1.29 is 14.3 Å². The van der Waals surface area contributed by atoms with Crippen LogP contribution >= 0.6 is 12.4 Å². The van der Waals surface area contributed by atoms with Crippen LogP contribution in [0.15, 0.2) is 24.3 Å². The Morgan fingerprint density at radius 1 is 1.38 bits per heavy atom. The van der Waals surface area contributed by atoms with E-state index in [-0.39, 0.29) is 24.4 Å². The van der Waals surface area contributed by atoms with Gasteiger partial charge in [0.05, 0.1) is 12.2 Å². The Kier molecular flexibility index (Phi) is 8.12. The van der Waals surface area contributed by atoms with E-state index >= 15 is 0 Å². The first-order valence-electron chi connectivity index (χ1n) is 7.12. The predicted octanol–water partition coefficient (Wildman–Crippen LogP) is 1.62. The van der Waals surface area contributed by atoms with Crippen LogP contribution in [0.2, 0.25) is 0 Å². The van der Waals surface area contributed by atoms with Crippen LogP contribution in [-0.2, 0) is 4.74 Å². The zero-order valence-corrected chi connectivity index (χ0v) is 13.1. The maximum Gasteiger partial charge on any atom is 0.255 e. The Labute approximate surface area is 131 Å². The predicted molar refractivity (Wildman–Crippen MR) is 84.4 cm³/mol. The molecule has 0 bridgehead atoms. The van der Waals surface area contributed by atoms with Gasteiger partial charge in [0.25, 0.3) is 5.91 Å². The fourth-order valence-corrected chi connectivity index (χ4v) is 2.18. The topological polar surface area (TPSA) is 59.6 Å². The first-order chi connectivity index (χ1) is 9.81. The van der Waals surface area contributed by atoms with E-state index in [4.69, 9.17) is 9.47 Å². The highest BCUT2D eigenvalue weighted by molar-refractivity contribution is 5.97. The molecule has 0 aliphatic carbocycles. The number of ether oxygens (including phenoxy) is 2. The van der Waals surface area contributed by atoms with Crippen molar-refractivity contribution in [2.45, 2.75) is 19.4 Å². The molecule has 0 spiro atoms. The van der Waals surface area contributed by atoms with E-state index in [1.165, 1.54) is 0 Å². The van der Waals surface area contributed by atoms with Crippen LogP contribution in [0.1, 0.15) is 23.7 Å². The van der Waals surface area contributed by atoms with Gasteiger partial charge in [-0.2, -0.15) is 0 Å². The van der Waals surface area contributed by atoms with Crippen LogP contribution in [0, 0.1) is 0 Å². The number of amides is 1. The molecular weight excluding hydrogens is 292 g/mol. The summed E-state index contributed by atoms with van der Waals surface area (Å²) in [4.78, 5) is 12.3. The molecule has 1 aliphatic rings. The third-order valence-electron chi connectivity index (χ3n) is 3.22. The van der Waals surface area contributed by atoms with Crippen LogP contribution < -0.4 is 15.4 Å². The minimum Gasteiger partial charge on any atom is -0.490 e. The Hall–Kier alpha value is -1.30. The van der Waals surface area contributed by atoms with Gasteiger partial charge in [-0.1, -0.05) is 12.1 Å². The zero-order valence-electron chi connectivity index (χ0n) is 12.3. The monoisotopic (exact) mass is 314 g/mol. The number of hydrogen-bond donors (Lipinski definition) is 2. The molecule has 1 aliphatic heterocycles. The highest BCUT2D eigenvalue weighted by atomic mass is 35.5. The molecule has 1 aromatic rings. The van der Waals surface area contributed by atoms with Gasteiger partial charge >= 0.3 is 0 Å². The van der Waals surface area contributed by atoms with Gasteiger partial charge in [-0.25, -0.2) is 0 Å². The van der Waals surface area contributed by atoms with E-state index in [0.29, 0.717) is 31.1 Å². The second-order valence-corrected chi connectivity index (χ2v) is 4.70. The van der Waals surface area contributed by atoms with E-state index in [9.17, 15) is 4.79 Å². The van der Waals surface area contributed by atoms with E-state index in [1.54, 1.807) is 6.07 Å². The maximum atomic E-state index is 12.3. The van der Waals surface area contributed by atoms with Crippen molar-refractivity contribution in [1.82, 2.24) is 10.6 Å². The minimum atomic E-state index is -0.0780. The number of para-hydroxylation sites is 1. The highest BCUT2D eigenvalue weighted by Gasteiger charge is 2.19. The second kappa shape index (κ2) is 9.60. The molecule has 5 nitrogen and oxygen atoms in total. The second-order valence-electron chi connectivity index (χ2n) is 4.70. The van der Waals surface area contributed by atoms with Gasteiger partial charge in [0.2, 0.25) is 0 Å². The van der Waals surface area contributed by atoms with Gasteiger partial charge < -0.3 is 20.1 Å². The van der Waals surface area contributed by atoms with Crippen molar-refractivity contribution in [3.63, 3.8) is 0 Å². The number of benzene rings is 1. The van der Waals surface area contributed by atoms with Crippen LogP contribution in [0.25, 0.3) is 0 Å². The van der Waals surface area contributed by atoms with E-state index in [0.717, 1.165) is 19.5 Å². The molecule has 118 valence electrons. The molecule has 1 heterocycles. The molecule has 1 saturated heterocycles. The molecule has 1 aromatic carbocycles. The summed E-state index contributed by atoms with van der Waals surface area (Å²) in [6.45, 7) is 5.37. The summed E-state index contributed by atoms with van der Waals surface area (Å²) in [5.41, 5.74) is 0.580. The van der Waals surface area contributed by atoms with Crippen LogP contribution in [0.4, 0.5) is 0 Å². The highest BCUT2D eigenvalue weighted by Crippen LogP contribution is 2.18. The zero-order chi connectivity index (χ0) is 14.2. The minimum absolute atomic E-state index is 0. The van der Waals surface area contributed by atoms with Gasteiger partial charge in [0.1, 0.15) is 12.4 Å². The van der Waals surface area contributed by atoms with Crippen LogP contribution in [0.5, 0.6) is 5.75 Å². The maximum absolute atomic E-state index is 12.3. The Morgan fingerprint density at radius 2 is 2.19 bits per heavy atom. The molecule has 0 radical (unpaired) electrons. The lowest BCUT2D eigenvalue weighted by Gasteiger charge is -2.14. The normalized spacial score (nSPS) is 17.1. The summed E-state index contributed by atoms with van der Waals surface area (Å²) in [6, 6.07) is 7.52. The quantitative estimate of drug-likeness (QED) is 0.751. The largest absolute Gasteiger partial charge is 0.490 e. The lowest BCUT2D eigenvalue weighted by molar-refractivity contribution is 0.0924. The number of carbonyl (C=O) groups is 1. The molecule has 6 heteroatoms. The molecule has 1 atom stereocenters. The Morgan fingerprint density at radius 3 is 2.90 bits per heavy atom. The molecule has 1 amide bonds. The van der Waals surface area contributed by atoms with E-state index in [2.05, 4.69) is 10.6 Å². The summed E-state index contributed by atoms with van der Waals surface area (Å²) >= 11 is 0. The first kappa shape index (κ1) is 17.8. The average Bonchev–Trinajstić information content (AvgIpc) is 2.97. The Bertz CT molecular complexity index is 437.